The maximum Gasteiger partial charge on any atom is 0.220 e. The Balaban J connectivity index is 1.53. The molecule has 2 aliphatic rings. The first-order valence-electron chi connectivity index (χ1n) is 13.4. The van der Waals surface area contributed by atoms with Gasteiger partial charge in [-0.2, -0.15) is 4.99 Å². The van der Waals surface area contributed by atoms with Crippen molar-refractivity contribution in [2.75, 3.05) is 4.90 Å². The van der Waals surface area contributed by atoms with Gasteiger partial charge in [0.15, 0.2) is 0 Å². The van der Waals surface area contributed by atoms with Crippen molar-refractivity contribution in [3.8, 4) is 0 Å². The number of aliphatic imine (C=N–C) groups is 2. The first-order chi connectivity index (χ1) is 18.6. The SMILES string of the molecule is NC1=NC2(CCCCC2)N(c2ccc(C(c3ccccc3)(c3ccccc3)c3ccccc3)cc2)C(N)=N1. The Hall–Kier alpha value is -4.38. The number of hydrogen-bond acceptors (Lipinski definition) is 5. The maximum absolute atomic E-state index is 6.52. The van der Waals surface area contributed by atoms with Crippen LogP contribution in [0.1, 0.15) is 54.4 Å². The van der Waals surface area contributed by atoms with Gasteiger partial charge < -0.3 is 11.5 Å². The first-order valence-corrected chi connectivity index (χ1v) is 13.4. The van der Waals surface area contributed by atoms with Crippen molar-refractivity contribution >= 4 is 17.6 Å². The second-order valence-electron chi connectivity index (χ2n) is 10.2. The minimum absolute atomic E-state index is 0.272. The van der Waals surface area contributed by atoms with Crippen molar-refractivity contribution in [3.05, 3.63) is 138 Å². The fraction of sp³-hybridized carbons (Fsp3) is 0.212. The van der Waals surface area contributed by atoms with Crippen LogP contribution < -0.4 is 16.4 Å². The lowest BCUT2D eigenvalue weighted by molar-refractivity contribution is 0.305. The van der Waals surface area contributed by atoms with E-state index in [9.17, 15) is 0 Å². The third-order valence-electron chi connectivity index (χ3n) is 8.03. The van der Waals surface area contributed by atoms with Crippen LogP contribution in [0.5, 0.6) is 0 Å². The molecule has 5 heteroatoms. The first kappa shape index (κ1) is 24.0. The van der Waals surface area contributed by atoms with E-state index >= 15 is 0 Å². The van der Waals surface area contributed by atoms with Gasteiger partial charge in [-0.15, -0.1) is 0 Å². The summed E-state index contributed by atoms with van der Waals surface area (Å²) in [5.41, 5.74) is 17.5. The van der Waals surface area contributed by atoms with Crippen molar-refractivity contribution in [3.63, 3.8) is 0 Å². The molecule has 1 aliphatic carbocycles. The van der Waals surface area contributed by atoms with Gasteiger partial charge in [0.25, 0.3) is 0 Å². The molecular weight excluding hydrogens is 466 g/mol. The summed E-state index contributed by atoms with van der Waals surface area (Å²) in [5, 5.41) is 0. The van der Waals surface area contributed by atoms with Gasteiger partial charge in [0, 0.05) is 5.69 Å². The topological polar surface area (TPSA) is 80.0 Å². The van der Waals surface area contributed by atoms with Gasteiger partial charge in [-0.1, -0.05) is 110 Å². The molecule has 1 saturated carbocycles. The second kappa shape index (κ2) is 9.82. The Morgan fingerprint density at radius 1 is 0.579 bits per heavy atom. The van der Waals surface area contributed by atoms with Crippen LogP contribution in [-0.2, 0) is 5.41 Å². The number of hydrogen-bond donors (Lipinski definition) is 2. The second-order valence-corrected chi connectivity index (χ2v) is 10.2. The predicted molar refractivity (Wildman–Crippen MR) is 156 cm³/mol. The molecule has 0 atom stereocenters. The third kappa shape index (κ3) is 3.95. The van der Waals surface area contributed by atoms with Gasteiger partial charge in [0.05, 0.1) is 5.41 Å². The Morgan fingerprint density at radius 2 is 1.03 bits per heavy atom. The highest BCUT2D eigenvalue weighted by molar-refractivity contribution is 6.05. The molecule has 0 saturated heterocycles. The van der Waals surface area contributed by atoms with Crippen LogP contribution in [0, 0.1) is 0 Å². The maximum atomic E-state index is 6.52. The number of benzene rings is 4. The highest BCUT2D eigenvalue weighted by Crippen LogP contribution is 2.46. The molecule has 38 heavy (non-hydrogen) atoms. The van der Waals surface area contributed by atoms with E-state index in [1.54, 1.807) is 0 Å². The minimum Gasteiger partial charge on any atom is -0.369 e. The van der Waals surface area contributed by atoms with E-state index in [1.807, 2.05) is 0 Å². The molecule has 4 aromatic rings. The average Bonchev–Trinajstić information content (AvgIpc) is 2.96. The summed E-state index contributed by atoms with van der Waals surface area (Å²) < 4.78 is 0. The summed E-state index contributed by atoms with van der Waals surface area (Å²) >= 11 is 0. The van der Waals surface area contributed by atoms with Crippen molar-refractivity contribution < 1.29 is 0 Å². The molecule has 190 valence electrons. The molecule has 1 spiro atoms. The lowest BCUT2D eigenvalue weighted by Crippen LogP contribution is -2.58. The molecule has 1 heterocycles. The van der Waals surface area contributed by atoms with Gasteiger partial charge in [-0.05, 0) is 60.1 Å². The van der Waals surface area contributed by atoms with E-state index in [2.05, 4.69) is 125 Å². The normalized spacial score (nSPS) is 17.1. The number of nitrogens with zero attached hydrogens (tertiary/aromatic N) is 3. The highest BCUT2D eigenvalue weighted by atomic mass is 15.4. The zero-order valence-corrected chi connectivity index (χ0v) is 21.5. The van der Waals surface area contributed by atoms with Crippen molar-refractivity contribution in [1.82, 2.24) is 0 Å². The fourth-order valence-electron chi connectivity index (χ4n) is 6.42. The molecule has 0 radical (unpaired) electrons. The van der Waals surface area contributed by atoms with Gasteiger partial charge >= 0.3 is 0 Å². The van der Waals surface area contributed by atoms with Crippen LogP contribution in [0.15, 0.2) is 125 Å². The third-order valence-corrected chi connectivity index (χ3v) is 8.03. The summed E-state index contributed by atoms with van der Waals surface area (Å²) in [6.45, 7) is 0. The van der Waals surface area contributed by atoms with Crippen molar-refractivity contribution in [2.24, 2.45) is 21.5 Å². The van der Waals surface area contributed by atoms with E-state index in [1.165, 1.54) is 28.7 Å². The molecule has 4 aromatic carbocycles. The zero-order chi connectivity index (χ0) is 26.0. The van der Waals surface area contributed by atoms with Gasteiger partial charge in [-0.3, -0.25) is 4.90 Å². The van der Waals surface area contributed by atoms with Crippen LogP contribution in [0.4, 0.5) is 5.69 Å². The summed E-state index contributed by atoms with van der Waals surface area (Å²) in [6, 6.07) is 41.0. The molecule has 1 fully saturated rings. The number of rotatable bonds is 5. The van der Waals surface area contributed by atoms with E-state index in [0.29, 0.717) is 5.96 Å². The standard InChI is InChI=1S/C33H33N5/c34-30-36-31(35)38(32(37-30)23-11-4-12-24-32)29-21-19-28(20-22-29)33(25-13-5-1-6-14-25,26-15-7-2-8-16-26)27-17-9-3-10-18-27/h1-3,5-10,13-22H,4,11-12,23-24H2,(H4,34,35,36,37). The minimum atomic E-state index is -0.491. The molecular formula is C33H33N5. The smallest absolute Gasteiger partial charge is 0.220 e. The predicted octanol–water partition coefficient (Wildman–Crippen LogP) is 6.18. The Labute approximate surface area is 224 Å². The van der Waals surface area contributed by atoms with Crippen LogP contribution in [0.2, 0.25) is 0 Å². The molecule has 0 aromatic heterocycles. The van der Waals surface area contributed by atoms with Crippen LogP contribution in [-0.4, -0.2) is 17.6 Å². The van der Waals surface area contributed by atoms with Gasteiger partial charge in [0.2, 0.25) is 11.9 Å². The van der Waals surface area contributed by atoms with E-state index < -0.39 is 11.1 Å². The lowest BCUT2D eigenvalue weighted by Gasteiger charge is -2.45. The Morgan fingerprint density at radius 3 is 1.50 bits per heavy atom. The number of nitrogens with two attached hydrogens (primary N) is 2. The van der Waals surface area contributed by atoms with Crippen LogP contribution >= 0.6 is 0 Å². The largest absolute Gasteiger partial charge is 0.369 e. The van der Waals surface area contributed by atoms with Crippen LogP contribution in [0.25, 0.3) is 0 Å². The summed E-state index contributed by atoms with van der Waals surface area (Å²) in [5.74, 6) is 0.682. The van der Waals surface area contributed by atoms with Crippen molar-refractivity contribution in [2.45, 2.75) is 43.2 Å². The summed E-state index contributed by atoms with van der Waals surface area (Å²) in [7, 11) is 0. The quantitative estimate of drug-likeness (QED) is 0.322. The monoisotopic (exact) mass is 499 g/mol. The number of anilines is 1. The Kier molecular flexibility index (Phi) is 6.20. The van der Waals surface area contributed by atoms with E-state index in [0.717, 1.165) is 31.4 Å². The van der Waals surface area contributed by atoms with Gasteiger partial charge in [0.1, 0.15) is 5.66 Å². The van der Waals surface area contributed by atoms with E-state index in [4.69, 9.17) is 16.5 Å². The molecule has 0 unspecified atom stereocenters. The average molecular weight is 500 g/mol. The highest BCUT2D eigenvalue weighted by Gasteiger charge is 2.43. The lowest BCUT2D eigenvalue weighted by atomic mass is 9.65. The summed E-state index contributed by atoms with van der Waals surface area (Å²) in [6.07, 6.45) is 5.21. The Bertz CT molecular complexity index is 1340. The van der Waals surface area contributed by atoms with Gasteiger partial charge in [-0.25, -0.2) is 4.99 Å². The fourth-order valence-corrected chi connectivity index (χ4v) is 6.42. The molecule has 1 aliphatic heterocycles. The summed E-state index contributed by atoms with van der Waals surface area (Å²) in [4.78, 5) is 11.3. The van der Waals surface area contributed by atoms with Crippen molar-refractivity contribution in [1.29, 1.82) is 0 Å². The zero-order valence-electron chi connectivity index (χ0n) is 21.5. The molecule has 0 bridgehead atoms. The van der Waals surface area contributed by atoms with Crippen LogP contribution in [0.3, 0.4) is 0 Å². The molecule has 0 amide bonds. The molecule has 6 rings (SSSR count). The number of guanidine groups is 2. The molecule has 4 N–H and O–H groups in total. The van der Waals surface area contributed by atoms with E-state index in [-0.39, 0.29) is 5.96 Å². The molecule has 5 nitrogen and oxygen atoms in total.